The SMILES string of the molecule is CC(C)(C)NCc1ccc(COc2cccc(Br)c2)nc1. The monoisotopic (exact) mass is 348 g/mol. The molecule has 4 heteroatoms. The molecule has 3 nitrogen and oxygen atoms in total. The molecule has 1 N–H and O–H groups in total. The maximum atomic E-state index is 5.72. The smallest absolute Gasteiger partial charge is 0.130 e. The Bertz CT molecular complexity index is 576. The van der Waals surface area contributed by atoms with Gasteiger partial charge in [-0.05, 0) is 50.6 Å². The van der Waals surface area contributed by atoms with E-state index in [0.29, 0.717) is 6.61 Å². The van der Waals surface area contributed by atoms with Crippen LogP contribution in [0.2, 0.25) is 0 Å². The topological polar surface area (TPSA) is 34.1 Å². The summed E-state index contributed by atoms with van der Waals surface area (Å²) in [6.45, 7) is 7.76. The number of rotatable bonds is 5. The summed E-state index contributed by atoms with van der Waals surface area (Å²) in [6.07, 6.45) is 1.90. The summed E-state index contributed by atoms with van der Waals surface area (Å²) in [4.78, 5) is 4.44. The van der Waals surface area contributed by atoms with Crippen molar-refractivity contribution in [3.8, 4) is 5.75 Å². The van der Waals surface area contributed by atoms with Crippen molar-refractivity contribution in [2.75, 3.05) is 0 Å². The zero-order valence-corrected chi connectivity index (χ0v) is 14.3. The molecule has 1 aromatic carbocycles. The van der Waals surface area contributed by atoms with E-state index in [1.807, 2.05) is 36.5 Å². The van der Waals surface area contributed by atoms with Gasteiger partial charge in [-0.2, -0.15) is 0 Å². The highest BCUT2D eigenvalue weighted by Crippen LogP contribution is 2.18. The predicted octanol–water partition coefficient (Wildman–Crippen LogP) is 4.31. The maximum absolute atomic E-state index is 5.72. The van der Waals surface area contributed by atoms with Crippen LogP contribution in [0.5, 0.6) is 5.75 Å². The van der Waals surface area contributed by atoms with Gasteiger partial charge in [0.15, 0.2) is 0 Å². The summed E-state index contributed by atoms with van der Waals surface area (Å²) in [6, 6.07) is 11.9. The lowest BCUT2D eigenvalue weighted by Crippen LogP contribution is -2.35. The number of nitrogens with zero attached hydrogens (tertiary/aromatic N) is 1. The Labute approximate surface area is 134 Å². The van der Waals surface area contributed by atoms with Crippen LogP contribution in [0.1, 0.15) is 32.0 Å². The number of hydrogen-bond acceptors (Lipinski definition) is 3. The largest absolute Gasteiger partial charge is 0.487 e. The minimum absolute atomic E-state index is 0.114. The highest BCUT2D eigenvalue weighted by molar-refractivity contribution is 9.10. The molecule has 0 atom stereocenters. The molecule has 0 spiro atoms. The molecule has 1 heterocycles. The fraction of sp³-hybridized carbons (Fsp3) is 0.353. The van der Waals surface area contributed by atoms with Gasteiger partial charge in [0.25, 0.3) is 0 Å². The van der Waals surface area contributed by atoms with Crippen LogP contribution in [-0.4, -0.2) is 10.5 Å². The average molecular weight is 349 g/mol. The molecule has 21 heavy (non-hydrogen) atoms. The van der Waals surface area contributed by atoms with Gasteiger partial charge in [0.1, 0.15) is 12.4 Å². The van der Waals surface area contributed by atoms with Crippen LogP contribution in [0.3, 0.4) is 0 Å². The van der Waals surface area contributed by atoms with E-state index in [9.17, 15) is 0 Å². The third-order valence-corrected chi connectivity index (χ3v) is 3.38. The molecule has 0 aliphatic rings. The van der Waals surface area contributed by atoms with Gasteiger partial charge in [0.05, 0.1) is 5.69 Å². The third-order valence-electron chi connectivity index (χ3n) is 2.89. The molecule has 112 valence electrons. The predicted molar refractivity (Wildman–Crippen MR) is 89.3 cm³/mol. The molecule has 0 bridgehead atoms. The Kier molecular flexibility index (Phi) is 5.37. The first-order chi connectivity index (χ1) is 9.92. The van der Waals surface area contributed by atoms with Gasteiger partial charge in [0, 0.05) is 22.8 Å². The van der Waals surface area contributed by atoms with Crippen LogP contribution < -0.4 is 10.1 Å². The summed E-state index contributed by atoms with van der Waals surface area (Å²) in [5, 5.41) is 3.45. The molecule has 0 aliphatic heterocycles. The molecule has 0 saturated carbocycles. The Morgan fingerprint density at radius 1 is 1.19 bits per heavy atom. The second-order valence-electron chi connectivity index (χ2n) is 6.01. The number of aromatic nitrogens is 1. The van der Waals surface area contributed by atoms with Gasteiger partial charge in [-0.1, -0.05) is 28.1 Å². The normalized spacial score (nSPS) is 11.4. The Morgan fingerprint density at radius 3 is 2.62 bits per heavy atom. The summed E-state index contributed by atoms with van der Waals surface area (Å²) < 4.78 is 6.73. The Morgan fingerprint density at radius 2 is 2.00 bits per heavy atom. The van der Waals surface area contributed by atoms with E-state index in [2.05, 4.69) is 53.1 Å². The van der Waals surface area contributed by atoms with Gasteiger partial charge in [0.2, 0.25) is 0 Å². The van der Waals surface area contributed by atoms with Crippen molar-refractivity contribution in [3.05, 3.63) is 58.3 Å². The molecule has 0 amide bonds. The molecule has 0 saturated heterocycles. The van der Waals surface area contributed by atoms with Crippen molar-refractivity contribution in [1.29, 1.82) is 0 Å². The van der Waals surface area contributed by atoms with E-state index in [4.69, 9.17) is 4.74 Å². The standard InChI is InChI=1S/C17H21BrN2O/c1-17(2,3)20-11-13-7-8-15(19-10-13)12-21-16-6-4-5-14(18)9-16/h4-10,20H,11-12H2,1-3H3. The van der Waals surface area contributed by atoms with Crippen molar-refractivity contribution in [2.24, 2.45) is 0 Å². The number of benzene rings is 1. The van der Waals surface area contributed by atoms with Crippen LogP contribution in [0.15, 0.2) is 47.1 Å². The zero-order valence-electron chi connectivity index (χ0n) is 12.7. The molecule has 2 aromatic rings. The zero-order chi connectivity index (χ0) is 15.3. The van der Waals surface area contributed by atoms with E-state index in [0.717, 1.165) is 22.5 Å². The highest BCUT2D eigenvalue weighted by atomic mass is 79.9. The number of halogens is 1. The van der Waals surface area contributed by atoms with E-state index in [1.54, 1.807) is 0 Å². The minimum atomic E-state index is 0.114. The van der Waals surface area contributed by atoms with Gasteiger partial charge < -0.3 is 10.1 Å². The lowest BCUT2D eigenvalue weighted by atomic mass is 10.1. The molecule has 0 unspecified atom stereocenters. The van der Waals surface area contributed by atoms with Crippen LogP contribution in [0.4, 0.5) is 0 Å². The van der Waals surface area contributed by atoms with Crippen LogP contribution in [0, 0.1) is 0 Å². The van der Waals surface area contributed by atoms with Crippen molar-refractivity contribution < 1.29 is 4.74 Å². The first-order valence-corrected chi connectivity index (χ1v) is 7.79. The molecule has 0 radical (unpaired) electrons. The van der Waals surface area contributed by atoms with Crippen molar-refractivity contribution in [1.82, 2.24) is 10.3 Å². The second kappa shape index (κ2) is 7.05. The summed E-state index contributed by atoms with van der Waals surface area (Å²) >= 11 is 3.43. The van der Waals surface area contributed by atoms with E-state index in [-0.39, 0.29) is 5.54 Å². The van der Waals surface area contributed by atoms with E-state index in [1.165, 1.54) is 5.56 Å². The maximum Gasteiger partial charge on any atom is 0.130 e. The van der Waals surface area contributed by atoms with E-state index < -0.39 is 0 Å². The molecule has 2 rings (SSSR count). The molecule has 0 aliphatic carbocycles. The quantitative estimate of drug-likeness (QED) is 0.873. The van der Waals surface area contributed by atoms with Crippen LogP contribution in [-0.2, 0) is 13.2 Å². The Balaban J connectivity index is 1.87. The van der Waals surface area contributed by atoms with Crippen LogP contribution in [0.25, 0.3) is 0 Å². The van der Waals surface area contributed by atoms with E-state index >= 15 is 0 Å². The number of nitrogens with one attached hydrogen (secondary N) is 1. The second-order valence-corrected chi connectivity index (χ2v) is 6.92. The molecular formula is C17H21BrN2O. The van der Waals surface area contributed by atoms with Gasteiger partial charge in [-0.15, -0.1) is 0 Å². The molecular weight excluding hydrogens is 328 g/mol. The first kappa shape index (κ1) is 16.0. The van der Waals surface area contributed by atoms with Gasteiger partial charge in [-0.25, -0.2) is 0 Å². The first-order valence-electron chi connectivity index (χ1n) is 6.99. The van der Waals surface area contributed by atoms with Crippen LogP contribution >= 0.6 is 15.9 Å². The van der Waals surface area contributed by atoms with Crippen molar-refractivity contribution >= 4 is 15.9 Å². The van der Waals surface area contributed by atoms with Crippen molar-refractivity contribution in [2.45, 2.75) is 39.5 Å². The molecule has 0 fully saturated rings. The summed E-state index contributed by atoms with van der Waals surface area (Å²) in [5.41, 5.74) is 2.22. The third kappa shape index (κ3) is 5.86. The number of hydrogen-bond donors (Lipinski definition) is 1. The lowest BCUT2D eigenvalue weighted by molar-refractivity contribution is 0.301. The number of pyridine rings is 1. The fourth-order valence-corrected chi connectivity index (χ4v) is 2.10. The fourth-order valence-electron chi connectivity index (χ4n) is 1.73. The van der Waals surface area contributed by atoms with Gasteiger partial charge >= 0.3 is 0 Å². The summed E-state index contributed by atoms with van der Waals surface area (Å²) in [7, 11) is 0. The average Bonchev–Trinajstić information content (AvgIpc) is 2.43. The van der Waals surface area contributed by atoms with Crippen molar-refractivity contribution in [3.63, 3.8) is 0 Å². The highest BCUT2D eigenvalue weighted by Gasteiger charge is 2.08. The molecule has 1 aromatic heterocycles. The number of ether oxygens (including phenoxy) is 1. The minimum Gasteiger partial charge on any atom is -0.487 e. The summed E-state index contributed by atoms with van der Waals surface area (Å²) in [5.74, 6) is 0.838. The van der Waals surface area contributed by atoms with Gasteiger partial charge in [-0.3, -0.25) is 4.98 Å². The Hall–Kier alpha value is -1.39. The lowest BCUT2D eigenvalue weighted by Gasteiger charge is -2.20.